The summed E-state index contributed by atoms with van der Waals surface area (Å²) in [4.78, 5) is 11.7. The van der Waals surface area contributed by atoms with Gasteiger partial charge in [0.15, 0.2) is 5.78 Å². The van der Waals surface area contributed by atoms with Crippen LogP contribution in [0.2, 0.25) is 0 Å². The maximum atomic E-state index is 12.8. The Hall–Kier alpha value is -1.00. The number of carbonyl (C=O) groups excluding carboxylic acids is 1. The van der Waals surface area contributed by atoms with Gasteiger partial charge in [-0.2, -0.15) is 0 Å². The number of Topliss-reactive ketones (excluding diaryl/α,β-unsaturated/α-hetero) is 1. The number of hydrogen-bond acceptors (Lipinski definition) is 1. The van der Waals surface area contributed by atoms with E-state index < -0.39 is 4.83 Å². The quantitative estimate of drug-likeness (QED) is 0.539. The zero-order chi connectivity index (χ0) is 13.8. The highest BCUT2D eigenvalue weighted by atomic mass is 79.9. The van der Waals surface area contributed by atoms with Gasteiger partial charge in [0.2, 0.25) is 0 Å². The molecule has 0 aromatic heterocycles. The molecule has 0 fully saturated rings. The predicted molar refractivity (Wildman–Crippen MR) is 81.6 cm³/mol. The first-order valence-electron chi connectivity index (χ1n) is 5.72. The lowest BCUT2D eigenvalue weighted by Crippen LogP contribution is -2.19. The van der Waals surface area contributed by atoms with Crippen molar-refractivity contribution in [3.63, 3.8) is 0 Å². The second-order valence-electron chi connectivity index (χ2n) is 4.09. The molecular formula is C15H11Br2FO. The summed E-state index contributed by atoms with van der Waals surface area (Å²) in [7, 11) is 0. The van der Waals surface area contributed by atoms with Crippen LogP contribution in [0.25, 0.3) is 0 Å². The van der Waals surface area contributed by atoms with Crippen molar-refractivity contribution in [2.45, 2.75) is 9.65 Å². The molecule has 0 amide bonds. The normalized spacial score (nSPS) is 13.8. The van der Waals surface area contributed by atoms with Gasteiger partial charge in [0.1, 0.15) is 5.82 Å². The van der Waals surface area contributed by atoms with E-state index in [9.17, 15) is 9.18 Å². The minimum absolute atomic E-state index is 0.0780. The highest BCUT2D eigenvalue weighted by Crippen LogP contribution is 2.33. The fraction of sp³-hybridized carbons (Fsp3) is 0.133. The zero-order valence-corrected chi connectivity index (χ0v) is 13.1. The Kier molecular flexibility index (Phi) is 4.88. The van der Waals surface area contributed by atoms with Gasteiger partial charge in [-0.15, -0.1) is 0 Å². The van der Waals surface area contributed by atoms with Crippen LogP contribution >= 0.6 is 31.9 Å². The lowest BCUT2D eigenvalue weighted by Gasteiger charge is -2.16. The molecule has 0 saturated heterocycles. The Bertz CT molecular complexity index is 554. The molecule has 0 aliphatic carbocycles. The first-order valence-corrected chi connectivity index (χ1v) is 7.55. The second kappa shape index (κ2) is 6.44. The summed E-state index contributed by atoms with van der Waals surface area (Å²) in [6.45, 7) is 0. The van der Waals surface area contributed by atoms with Gasteiger partial charge < -0.3 is 0 Å². The topological polar surface area (TPSA) is 17.1 Å². The molecule has 0 unspecified atom stereocenters. The third kappa shape index (κ3) is 3.51. The van der Waals surface area contributed by atoms with Crippen LogP contribution in [0.3, 0.4) is 0 Å². The van der Waals surface area contributed by atoms with Crippen molar-refractivity contribution in [1.82, 2.24) is 0 Å². The molecule has 1 nitrogen and oxygen atoms in total. The number of rotatable bonds is 4. The molecule has 0 aliphatic rings. The van der Waals surface area contributed by atoms with Crippen molar-refractivity contribution in [3.8, 4) is 0 Å². The summed E-state index contributed by atoms with van der Waals surface area (Å²) < 4.78 is 12.8. The number of hydrogen-bond donors (Lipinski definition) is 0. The maximum absolute atomic E-state index is 12.8. The lowest BCUT2D eigenvalue weighted by atomic mass is 10.0. The van der Waals surface area contributed by atoms with Gasteiger partial charge in [-0.3, -0.25) is 4.79 Å². The van der Waals surface area contributed by atoms with E-state index in [4.69, 9.17) is 0 Å². The predicted octanol–water partition coefficient (Wildman–Crippen LogP) is 4.91. The second-order valence-corrected chi connectivity index (χ2v) is 6.06. The molecule has 2 rings (SSSR count). The van der Waals surface area contributed by atoms with Crippen LogP contribution < -0.4 is 0 Å². The molecule has 0 spiro atoms. The van der Waals surface area contributed by atoms with E-state index in [0.29, 0.717) is 5.56 Å². The van der Waals surface area contributed by atoms with E-state index >= 15 is 0 Å². The Morgan fingerprint density at radius 2 is 1.53 bits per heavy atom. The van der Waals surface area contributed by atoms with E-state index in [-0.39, 0.29) is 16.4 Å². The number of benzene rings is 2. The highest BCUT2D eigenvalue weighted by Gasteiger charge is 2.25. The van der Waals surface area contributed by atoms with Gasteiger partial charge in [0, 0.05) is 5.56 Å². The maximum Gasteiger partial charge on any atom is 0.177 e. The largest absolute Gasteiger partial charge is 0.293 e. The molecule has 0 aliphatic heterocycles. The number of halogens is 3. The third-order valence-corrected chi connectivity index (χ3v) is 5.47. The number of ketones is 1. The van der Waals surface area contributed by atoms with E-state index in [2.05, 4.69) is 31.9 Å². The van der Waals surface area contributed by atoms with E-state index in [1.165, 1.54) is 24.3 Å². The summed E-state index contributed by atoms with van der Waals surface area (Å²) in [6, 6.07) is 15.2. The van der Waals surface area contributed by atoms with Crippen molar-refractivity contribution in [3.05, 3.63) is 71.5 Å². The SMILES string of the molecule is O=C(c1ccc(F)cc1)[C@H](Br)[C@H](Br)c1ccccc1. The van der Waals surface area contributed by atoms with Crippen molar-refractivity contribution in [2.75, 3.05) is 0 Å². The monoisotopic (exact) mass is 384 g/mol. The van der Waals surface area contributed by atoms with Crippen molar-refractivity contribution >= 4 is 37.6 Å². The van der Waals surface area contributed by atoms with E-state index in [1.807, 2.05) is 30.3 Å². The summed E-state index contributed by atoms with van der Waals surface area (Å²) in [5.74, 6) is -0.424. The molecular weight excluding hydrogens is 375 g/mol. The van der Waals surface area contributed by atoms with Crippen molar-refractivity contribution in [2.24, 2.45) is 0 Å². The summed E-state index contributed by atoms with van der Waals surface area (Å²) in [5.41, 5.74) is 1.50. The molecule has 0 radical (unpaired) electrons. The summed E-state index contributed by atoms with van der Waals surface area (Å²) >= 11 is 6.93. The Labute approximate surface area is 128 Å². The average molecular weight is 386 g/mol. The first-order chi connectivity index (χ1) is 9.09. The van der Waals surface area contributed by atoms with Crippen LogP contribution in [0.1, 0.15) is 20.7 Å². The fourth-order valence-corrected chi connectivity index (χ4v) is 2.83. The summed E-state index contributed by atoms with van der Waals surface area (Å²) in [5, 5.41) is 0. The number of alkyl halides is 2. The third-order valence-electron chi connectivity index (χ3n) is 2.75. The van der Waals surface area contributed by atoms with Gasteiger partial charge in [-0.05, 0) is 29.8 Å². The van der Waals surface area contributed by atoms with Gasteiger partial charge >= 0.3 is 0 Å². The lowest BCUT2D eigenvalue weighted by molar-refractivity contribution is 0.0991. The smallest absolute Gasteiger partial charge is 0.177 e. The molecule has 2 aromatic rings. The molecule has 0 N–H and O–H groups in total. The van der Waals surface area contributed by atoms with E-state index in [1.54, 1.807) is 0 Å². The van der Waals surface area contributed by atoms with Crippen LogP contribution in [0.5, 0.6) is 0 Å². The summed E-state index contributed by atoms with van der Waals surface area (Å²) in [6.07, 6.45) is 0. The molecule has 0 saturated carbocycles. The molecule has 19 heavy (non-hydrogen) atoms. The number of carbonyl (C=O) groups is 1. The van der Waals surface area contributed by atoms with Crippen molar-refractivity contribution in [1.29, 1.82) is 0 Å². The molecule has 2 aromatic carbocycles. The molecule has 98 valence electrons. The minimum atomic E-state index is -0.402. The molecule has 4 heteroatoms. The Morgan fingerprint density at radius 3 is 2.11 bits per heavy atom. The Balaban J connectivity index is 2.17. The van der Waals surface area contributed by atoms with Crippen LogP contribution in [-0.2, 0) is 0 Å². The van der Waals surface area contributed by atoms with Crippen LogP contribution in [0.15, 0.2) is 54.6 Å². The van der Waals surface area contributed by atoms with Gasteiger partial charge in [0.05, 0.1) is 9.65 Å². The first kappa shape index (κ1) is 14.4. The van der Waals surface area contributed by atoms with Crippen LogP contribution in [0, 0.1) is 5.82 Å². The highest BCUT2D eigenvalue weighted by molar-refractivity contribution is 9.12. The van der Waals surface area contributed by atoms with Gasteiger partial charge in [0.25, 0.3) is 0 Å². The van der Waals surface area contributed by atoms with Gasteiger partial charge in [-0.1, -0.05) is 62.2 Å². The van der Waals surface area contributed by atoms with Gasteiger partial charge in [-0.25, -0.2) is 4.39 Å². The van der Waals surface area contributed by atoms with Crippen molar-refractivity contribution < 1.29 is 9.18 Å². The minimum Gasteiger partial charge on any atom is -0.293 e. The Morgan fingerprint density at radius 1 is 0.947 bits per heavy atom. The molecule has 0 bridgehead atoms. The molecule has 2 atom stereocenters. The molecule has 0 heterocycles. The standard InChI is InChI=1S/C15H11Br2FO/c16-13(10-4-2-1-3-5-10)14(17)15(19)11-6-8-12(18)9-7-11/h1-9,13-14H/t13-,14-/m1/s1. The van der Waals surface area contributed by atoms with Crippen LogP contribution in [0.4, 0.5) is 4.39 Å². The van der Waals surface area contributed by atoms with Crippen LogP contribution in [-0.4, -0.2) is 10.6 Å². The van der Waals surface area contributed by atoms with E-state index in [0.717, 1.165) is 5.56 Å². The fourth-order valence-electron chi connectivity index (χ4n) is 1.71. The average Bonchev–Trinajstić information content (AvgIpc) is 2.46. The zero-order valence-electron chi connectivity index (χ0n) is 9.89.